The van der Waals surface area contributed by atoms with Gasteiger partial charge in [-0.2, -0.15) is 13.2 Å². The molecule has 0 aliphatic rings. The maximum absolute atomic E-state index is 13.3. The van der Waals surface area contributed by atoms with Crippen LogP contribution in [0.15, 0.2) is 53.9 Å². The number of urea groups is 1. The van der Waals surface area contributed by atoms with Crippen LogP contribution in [0.4, 0.5) is 28.8 Å². The van der Waals surface area contributed by atoms with Crippen molar-refractivity contribution in [1.29, 1.82) is 0 Å². The zero-order chi connectivity index (χ0) is 24.2. The van der Waals surface area contributed by atoms with Crippen LogP contribution in [0.1, 0.15) is 12.0 Å². The quantitative estimate of drug-likeness (QED) is 0.302. The minimum atomic E-state index is -4.53. The number of nitrogens with zero attached hydrogens (tertiary/aromatic N) is 3. The van der Waals surface area contributed by atoms with E-state index in [1.807, 2.05) is 27.2 Å². The molecule has 3 rings (SSSR count). The molecule has 0 atom stereocenters. The van der Waals surface area contributed by atoms with Crippen molar-refractivity contribution < 1.29 is 22.4 Å². The largest absolute Gasteiger partial charge is 0.416 e. The highest BCUT2D eigenvalue weighted by Gasteiger charge is 2.32. The molecule has 0 unspecified atom stereocenters. The average molecular weight is 498 g/mol. The van der Waals surface area contributed by atoms with Gasteiger partial charge in [0.15, 0.2) is 5.13 Å². The standard InChI is InChI=1S/C23H24ClF3N4OS/c1-31(2,3)12-6-11-28-21(32)30(19-10-5-8-17(14-19)23(25,26)27)22-29-20(15-33-22)16-7-4-9-18(24)13-16/h4-5,7-10,13-15H,6,11-12H2,1-3H3/p+1. The Morgan fingerprint density at radius 1 is 1.15 bits per heavy atom. The zero-order valence-corrected chi connectivity index (χ0v) is 20.1. The van der Waals surface area contributed by atoms with Crippen LogP contribution in [0.5, 0.6) is 0 Å². The predicted octanol–water partition coefficient (Wildman–Crippen LogP) is 6.43. The molecule has 0 spiro atoms. The van der Waals surface area contributed by atoms with Crippen molar-refractivity contribution in [1.82, 2.24) is 10.3 Å². The van der Waals surface area contributed by atoms with Gasteiger partial charge in [-0.25, -0.2) is 14.7 Å². The van der Waals surface area contributed by atoms with Gasteiger partial charge in [-0.15, -0.1) is 11.3 Å². The van der Waals surface area contributed by atoms with E-state index in [1.165, 1.54) is 17.0 Å². The lowest BCUT2D eigenvalue weighted by Crippen LogP contribution is -2.40. The Hall–Kier alpha value is -2.62. The Morgan fingerprint density at radius 3 is 2.55 bits per heavy atom. The summed E-state index contributed by atoms with van der Waals surface area (Å²) < 4.78 is 40.7. The van der Waals surface area contributed by atoms with Gasteiger partial charge in [0.2, 0.25) is 0 Å². The molecule has 3 aromatic rings. The molecular weight excluding hydrogens is 473 g/mol. The van der Waals surface area contributed by atoms with E-state index in [0.717, 1.165) is 46.5 Å². The minimum absolute atomic E-state index is 0.0842. The topological polar surface area (TPSA) is 45.2 Å². The molecule has 0 fully saturated rings. The Bertz CT molecular complexity index is 1110. The van der Waals surface area contributed by atoms with E-state index in [-0.39, 0.29) is 10.8 Å². The first kappa shape index (κ1) is 25.0. The second-order valence-electron chi connectivity index (χ2n) is 8.51. The fourth-order valence-corrected chi connectivity index (χ4v) is 4.15. The molecule has 0 aliphatic carbocycles. The number of alkyl halides is 3. The van der Waals surface area contributed by atoms with Crippen molar-refractivity contribution in [2.24, 2.45) is 0 Å². The molecule has 0 saturated heterocycles. The molecule has 1 heterocycles. The van der Waals surface area contributed by atoms with E-state index < -0.39 is 17.8 Å². The number of carbonyl (C=O) groups excluding carboxylic acids is 1. The molecule has 0 aliphatic heterocycles. The third-order valence-electron chi connectivity index (χ3n) is 4.72. The van der Waals surface area contributed by atoms with Gasteiger partial charge in [-0.3, -0.25) is 0 Å². The summed E-state index contributed by atoms with van der Waals surface area (Å²) in [6.07, 6.45) is -3.81. The molecule has 10 heteroatoms. The van der Waals surface area contributed by atoms with Gasteiger partial charge < -0.3 is 9.80 Å². The van der Waals surface area contributed by atoms with E-state index in [9.17, 15) is 18.0 Å². The summed E-state index contributed by atoms with van der Waals surface area (Å²) >= 11 is 7.23. The Kier molecular flexibility index (Phi) is 7.66. The van der Waals surface area contributed by atoms with Crippen LogP contribution in [-0.2, 0) is 6.18 Å². The van der Waals surface area contributed by atoms with Crippen molar-refractivity contribution in [2.75, 3.05) is 39.1 Å². The van der Waals surface area contributed by atoms with E-state index in [0.29, 0.717) is 17.3 Å². The highest BCUT2D eigenvalue weighted by molar-refractivity contribution is 7.14. The maximum atomic E-state index is 13.3. The molecule has 0 bridgehead atoms. The third kappa shape index (κ3) is 6.93. The monoisotopic (exact) mass is 497 g/mol. The number of benzene rings is 2. The van der Waals surface area contributed by atoms with Gasteiger partial charge in [0.1, 0.15) is 0 Å². The number of thiazole rings is 1. The molecule has 0 radical (unpaired) electrons. The van der Waals surface area contributed by atoms with Crippen molar-refractivity contribution in [3.8, 4) is 11.3 Å². The lowest BCUT2D eigenvalue weighted by atomic mass is 10.2. The van der Waals surface area contributed by atoms with Crippen LogP contribution in [-0.4, -0.2) is 49.7 Å². The summed E-state index contributed by atoms with van der Waals surface area (Å²) in [5, 5.41) is 5.34. The first-order valence-electron chi connectivity index (χ1n) is 10.2. The maximum Gasteiger partial charge on any atom is 0.416 e. The number of aromatic nitrogens is 1. The number of hydrogen-bond acceptors (Lipinski definition) is 3. The molecule has 1 aromatic heterocycles. The van der Waals surface area contributed by atoms with Crippen LogP contribution in [0.3, 0.4) is 0 Å². The number of halogens is 4. The van der Waals surface area contributed by atoms with Crippen LogP contribution in [0.2, 0.25) is 5.02 Å². The van der Waals surface area contributed by atoms with E-state index in [1.54, 1.807) is 23.6 Å². The third-order valence-corrected chi connectivity index (χ3v) is 5.78. The minimum Gasteiger partial charge on any atom is -0.337 e. The zero-order valence-electron chi connectivity index (χ0n) is 18.5. The number of quaternary nitrogens is 1. The van der Waals surface area contributed by atoms with E-state index >= 15 is 0 Å². The van der Waals surface area contributed by atoms with Gasteiger partial charge in [0, 0.05) is 28.9 Å². The summed E-state index contributed by atoms with van der Waals surface area (Å²) in [6.45, 7) is 1.22. The van der Waals surface area contributed by atoms with Gasteiger partial charge >= 0.3 is 12.2 Å². The number of carbonyl (C=O) groups is 1. The average Bonchev–Trinajstić information content (AvgIpc) is 3.20. The fourth-order valence-electron chi connectivity index (χ4n) is 3.11. The number of amides is 2. The highest BCUT2D eigenvalue weighted by atomic mass is 35.5. The fraction of sp³-hybridized carbons (Fsp3) is 0.304. The van der Waals surface area contributed by atoms with E-state index in [2.05, 4.69) is 10.3 Å². The number of hydrogen-bond donors (Lipinski definition) is 1. The molecule has 33 heavy (non-hydrogen) atoms. The van der Waals surface area contributed by atoms with Crippen molar-refractivity contribution in [3.63, 3.8) is 0 Å². The lowest BCUT2D eigenvalue weighted by Gasteiger charge is -2.25. The highest BCUT2D eigenvalue weighted by Crippen LogP contribution is 2.36. The van der Waals surface area contributed by atoms with Gasteiger partial charge in [-0.1, -0.05) is 29.8 Å². The van der Waals surface area contributed by atoms with E-state index in [4.69, 9.17) is 11.6 Å². The molecular formula is C23H25ClF3N4OS+. The van der Waals surface area contributed by atoms with Gasteiger partial charge in [0.05, 0.1) is 44.6 Å². The van der Waals surface area contributed by atoms with Crippen molar-refractivity contribution in [2.45, 2.75) is 12.6 Å². The molecule has 2 aromatic carbocycles. The van der Waals surface area contributed by atoms with Crippen LogP contribution < -0.4 is 10.2 Å². The SMILES string of the molecule is C[N+](C)(C)CCCNC(=O)N(c1cccc(C(F)(F)F)c1)c1nc(-c2cccc(Cl)c2)cs1. The summed E-state index contributed by atoms with van der Waals surface area (Å²) in [6, 6.07) is 11.2. The smallest absolute Gasteiger partial charge is 0.337 e. The lowest BCUT2D eigenvalue weighted by molar-refractivity contribution is -0.870. The van der Waals surface area contributed by atoms with Gasteiger partial charge in [-0.05, 0) is 30.3 Å². The predicted molar refractivity (Wildman–Crippen MR) is 127 cm³/mol. The molecule has 0 saturated carbocycles. The molecule has 176 valence electrons. The summed E-state index contributed by atoms with van der Waals surface area (Å²) in [7, 11) is 6.14. The van der Waals surface area contributed by atoms with Crippen LogP contribution in [0.25, 0.3) is 11.3 Å². The number of rotatable bonds is 7. The van der Waals surface area contributed by atoms with Crippen molar-refractivity contribution in [3.05, 3.63) is 64.5 Å². The first-order chi connectivity index (χ1) is 15.4. The molecule has 5 nitrogen and oxygen atoms in total. The first-order valence-corrected chi connectivity index (χ1v) is 11.5. The second-order valence-corrected chi connectivity index (χ2v) is 9.78. The number of nitrogens with one attached hydrogen (secondary N) is 1. The van der Waals surface area contributed by atoms with Crippen LogP contribution >= 0.6 is 22.9 Å². The Labute approximate surface area is 200 Å². The molecule has 1 N–H and O–H groups in total. The van der Waals surface area contributed by atoms with Gasteiger partial charge in [0.25, 0.3) is 0 Å². The summed E-state index contributed by atoms with van der Waals surface area (Å²) in [5.74, 6) is 0. The normalized spacial score (nSPS) is 12.0. The Morgan fingerprint density at radius 2 is 1.88 bits per heavy atom. The Balaban J connectivity index is 1.92. The number of anilines is 2. The van der Waals surface area contributed by atoms with Crippen LogP contribution in [0, 0.1) is 0 Å². The second kappa shape index (κ2) is 10.1. The summed E-state index contributed by atoms with van der Waals surface area (Å²) in [5.41, 5.74) is 0.569. The van der Waals surface area contributed by atoms with Crippen molar-refractivity contribution >= 4 is 39.8 Å². The molecule has 2 amide bonds. The summed E-state index contributed by atoms with van der Waals surface area (Å²) in [4.78, 5) is 18.8.